The van der Waals surface area contributed by atoms with Crippen molar-refractivity contribution < 1.29 is 0 Å². The largest absolute Gasteiger partial charge is 0.361 e. The highest BCUT2D eigenvalue weighted by atomic mass is 15.0. The van der Waals surface area contributed by atoms with Crippen molar-refractivity contribution in [2.45, 2.75) is 0 Å². The second-order valence-electron chi connectivity index (χ2n) is 12.6. The maximum absolute atomic E-state index is 3.82. The minimum atomic E-state index is 1.11. The molecule has 2 heteroatoms. The molecule has 1 aliphatic rings. The van der Waals surface area contributed by atoms with E-state index in [1.165, 1.54) is 76.2 Å². The van der Waals surface area contributed by atoms with Crippen LogP contribution in [-0.2, 0) is 0 Å². The Morgan fingerprint density at radius 2 is 1.04 bits per heavy atom. The molecule has 0 spiro atoms. The van der Waals surface area contributed by atoms with Gasteiger partial charge in [-0.3, -0.25) is 0 Å². The van der Waals surface area contributed by atoms with Crippen LogP contribution in [0.15, 0.2) is 158 Å². The number of para-hydroxylation sites is 1. The number of rotatable bonds is 1. The average molecular weight is 611 g/mol. The molecule has 2 nitrogen and oxygen atoms in total. The van der Waals surface area contributed by atoms with Crippen molar-refractivity contribution in [3.05, 3.63) is 175 Å². The van der Waals surface area contributed by atoms with E-state index in [0.29, 0.717) is 0 Å². The summed E-state index contributed by atoms with van der Waals surface area (Å²) in [6, 6.07) is 55.0. The van der Waals surface area contributed by atoms with Crippen molar-refractivity contribution in [3.8, 4) is 16.8 Å². The van der Waals surface area contributed by atoms with E-state index in [1.807, 2.05) is 0 Å². The Morgan fingerprint density at radius 1 is 0.417 bits per heavy atom. The Morgan fingerprint density at radius 3 is 1.88 bits per heavy atom. The van der Waals surface area contributed by atoms with Gasteiger partial charge in [-0.2, -0.15) is 0 Å². The maximum atomic E-state index is 3.82. The Bertz CT molecular complexity index is 2810. The summed E-state index contributed by atoms with van der Waals surface area (Å²) < 4.78 is 2.42. The van der Waals surface area contributed by atoms with E-state index < -0.39 is 0 Å². The van der Waals surface area contributed by atoms with Gasteiger partial charge >= 0.3 is 0 Å². The molecule has 224 valence electrons. The SMILES string of the molecule is C1=C\c2c(c3ccccc3n2-c2ccc3ccccc3c2)/C=C/Nc2c(ccc3ccccc23)-c2c/1c1ccccc1c1ccccc21. The van der Waals surface area contributed by atoms with Crippen LogP contribution in [-0.4, -0.2) is 4.57 Å². The van der Waals surface area contributed by atoms with Crippen molar-refractivity contribution in [3.63, 3.8) is 0 Å². The zero-order valence-corrected chi connectivity index (χ0v) is 26.2. The smallest absolute Gasteiger partial charge is 0.0541 e. The van der Waals surface area contributed by atoms with E-state index in [-0.39, 0.29) is 0 Å². The fraction of sp³-hybridized carbons (Fsp3) is 0. The van der Waals surface area contributed by atoms with Gasteiger partial charge in [0.2, 0.25) is 0 Å². The number of nitrogens with zero attached hydrogens (tertiary/aromatic N) is 1. The lowest BCUT2D eigenvalue weighted by Crippen LogP contribution is -1.97. The van der Waals surface area contributed by atoms with E-state index in [2.05, 4.69) is 186 Å². The van der Waals surface area contributed by atoms with Crippen LogP contribution in [0.3, 0.4) is 0 Å². The first kappa shape index (κ1) is 26.8. The predicted molar refractivity (Wildman–Crippen MR) is 207 cm³/mol. The summed E-state index contributed by atoms with van der Waals surface area (Å²) in [4.78, 5) is 0. The van der Waals surface area contributed by atoms with Crippen LogP contribution in [0.4, 0.5) is 5.69 Å². The summed E-state index contributed by atoms with van der Waals surface area (Å²) in [6.45, 7) is 0. The lowest BCUT2D eigenvalue weighted by Gasteiger charge is -2.20. The molecule has 0 amide bonds. The number of nitrogens with one attached hydrogen (secondary N) is 1. The van der Waals surface area contributed by atoms with Gasteiger partial charge in [-0.05, 0) is 79.2 Å². The lowest BCUT2D eigenvalue weighted by molar-refractivity contribution is 1.11. The van der Waals surface area contributed by atoms with E-state index >= 15 is 0 Å². The van der Waals surface area contributed by atoms with Crippen LogP contribution in [0.2, 0.25) is 0 Å². The monoisotopic (exact) mass is 610 g/mol. The summed E-state index contributed by atoms with van der Waals surface area (Å²) >= 11 is 0. The maximum Gasteiger partial charge on any atom is 0.0541 e. The van der Waals surface area contributed by atoms with Crippen molar-refractivity contribution in [2.75, 3.05) is 5.32 Å². The van der Waals surface area contributed by atoms with Crippen molar-refractivity contribution >= 4 is 77.9 Å². The van der Waals surface area contributed by atoms with Gasteiger partial charge in [-0.15, -0.1) is 0 Å². The quantitative estimate of drug-likeness (QED) is 0.183. The average Bonchev–Trinajstić information content (AvgIpc) is 3.45. The van der Waals surface area contributed by atoms with E-state index in [0.717, 1.165) is 17.1 Å². The molecule has 8 aromatic carbocycles. The summed E-state index contributed by atoms with van der Waals surface area (Å²) in [7, 11) is 0. The van der Waals surface area contributed by atoms with E-state index in [4.69, 9.17) is 0 Å². The van der Waals surface area contributed by atoms with Gasteiger partial charge in [0.1, 0.15) is 0 Å². The third-order valence-corrected chi connectivity index (χ3v) is 10.0. The highest BCUT2D eigenvalue weighted by molar-refractivity contribution is 6.21. The second-order valence-corrected chi connectivity index (χ2v) is 12.6. The summed E-state index contributed by atoms with van der Waals surface area (Å²) in [6.07, 6.45) is 9.07. The highest BCUT2D eigenvalue weighted by Crippen LogP contribution is 2.45. The number of benzene rings is 8. The summed E-state index contributed by atoms with van der Waals surface area (Å²) in [5.74, 6) is 0. The first-order chi connectivity index (χ1) is 23.8. The molecule has 1 aromatic heterocycles. The summed E-state index contributed by atoms with van der Waals surface area (Å²) in [5, 5.41) is 14.9. The third kappa shape index (κ3) is 4.00. The van der Waals surface area contributed by atoms with Gasteiger partial charge in [0.15, 0.2) is 0 Å². The molecule has 1 aliphatic heterocycles. The molecule has 0 saturated heterocycles. The van der Waals surface area contributed by atoms with Crippen LogP contribution in [0.5, 0.6) is 0 Å². The lowest BCUT2D eigenvalue weighted by atomic mass is 9.86. The van der Waals surface area contributed by atoms with Crippen LogP contribution in [0.25, 0.3) is 89.0 Å². The molecule has 0 unspecified atom stereocenters. The molecule has 1 N–H and O–H groups in total. The number of hydrogen-bond donors (Lipinski definition) is 1. The van der Waals surface area contributed by atoms with Gasteiger partial charge in [-0.25, -0.2) is 0 Å². The molecule has 0 bridgehead atoms. The fourth-order valence-electron chi connectivity index (χ4n) is 7.86. The van der Waals surface area contributed by atoms with Gasteiger partial charge in [0, 0.05) is 33.8 Å². The van der Waals surface area contributed by atoms with Crippen molar-refractivity contribution in [1.82, 2.24) is 4.57 Å². The Balaban J connectivity index is 1.36. The first-order valence-corrected chi connectivity index (χ1v) is 16.5. The number of aromatic nitrogens is 1. The van der Waals surface area contributed by atoms with Crippen LogP contribution in [0, 0.1) is 0 Å². The number of anilines is 1. The Kier molecular flexibility index (Phi) is 5.91. The van der Waals surface area contributed by atoms with Gasteiger partial charge in [0.05, 0.1) is 16.9 Å². The molecule has 48 heavy (non-hydrogen) atoms. The Labute approximate surface area is 278 Å². The van der Waals surface area contributed by atoms with Crippen LogP contribution >= 0.6 is 0 Å². The molecule has 2 heterocycles. The molecule has 0 radical (unpaired) electrons. The topological polar surface area (TPSA) is 17.0 Å². The molecule has 0 fully saturated rings. The minimum Gasteiger partial charge on any atom is -0.361 e. The van der Waals surface area contributed by atoms with Gasteiger partial charge in [-0.1, -0.05) is 140 Å². The van der Waals surface area contributed by atoms with E-state index in [9.17, 15) is 0 Å². The van der Waals surface area contributed by atoms with Gasteiger partial charge in [0.25, 0.3) is 0 Å². The van der Waals surface area contributed by atoms with Crippen molar-refractivity contribution in [1.29, 1.82) is 0 Å². The van der Waals surface area contributed by atoms with Crippen molar-refractivity contribution in [2.24, 2.45) is 0 Å². The van der Waals surface area contributed by atoms with Gasteiger partial charge < -0.3 is 9.88 Å². The predicted octanol–water partition coefficient (Wildman–Crippen LogP) is 12.5. The molecule has 0 aliphatic carbocycles. The molecule has 0 saturated carbocycles. The third-order valence-electron chi connectivity index (χ3n) is 10.0. The minimum absolute atomic E-state index is 1.11. The highest BCUT2D eigenvalue weighted by Gasteiger charge is 2.21. The van der Waals surface area contributed by atoms with E-state index in [1.54, 1.807) is 0 Å². The molecule has 0 atom stereocenters. The Hall–Kier alpha value is -6.38. The summed E-state index contributed by atoms with van der Waals surface area (Å²) in [5.41, 5.74) is 9.39. The normalized spacial score (nSPS) is 13.9. The van der Waals surface area contributed by atoms with Crippen LogP contribution in [0.1, 0.15) is 16.8 Å². The number of hydrogen-bond acceptors (Lipinski definition) is 1. The molecule has 9 aromatic rings. The molecule has 10 rings (SSSR count). The molecular formula is C46H30N2. The fourth-order valence-corrected chi connectivity index (χ4v) is 7.86. The number of fused-ring (bicyclic) bond motifs is 14. The van der Waals surface area contributed by atoms with Crippen LogP contribution < -0.4 is 5.32 Å². The zero-order valence-electron chi connectivity index (χ0n) is 26.2. The standard InChI is InChI=1S/C46H30N2/c1-2-13-32-29-33(23-21-30(32)11-1)48-43-20-10-9-18-38(43)39-27-28-47-46-34-14-4-3-12-31(34)22-24-42(46)45-40-19-8-7-16-36(40)35-15-5-6-17-37(35)41(45)25-26-44(39)48/h1-29,47H/b26-25-,28-27+. The molecular weight excluding hydrogens is 581 g/mol. The second kappa shape index (κ2) is 10.6. The zero-order chi connectivity index (χ0) is 31.6. The first-order valence-electron chi connectivity index (χ1n) is 16.5.